The van der Waals surface area contributed by atoms with Gasteiger partial charge in [-0.15, -0.1) is 0 Å². The Morgan fingerprint density at radius 1 is 1.05 bits per heavy atom. The Hall–Kier alpha value is -0.600. The lowest BCUT2D eigenvalue weighted by atomic mass is 9.98. The van der Waals surface area contributed by atoms with Crippen molar-refractivity contribution < 1.29 is 9.28 Å². The minimum Gasteiger partial charge on any atom is -0.272 e. The van der Waals surface area contributed by atoms with E-state index in [0.29, 0.717) is 23.9 Å². The Labute approximate surface area is 118 Å². The van der Waals surface area contributed by atoms with Gasteiger partial charge >= 0.3 is 0 Å². The van der Waals surface area contributed by atoms with Crippen LogP contribution in [0.3, 0.4) is 0 Å². The molecule has 0 bridgehead atoms. The van der Waals surface area contributed by atoms with Crippen molar-refractivity contribution in [1.82, 2.24) is 5.12 Å². The maximum atomic E-state index is 13.6. The zero-order valence-corrected chi connectivity index (χ0v) is 13.3. The molecule has 0 spiro atoms. The van der Waals surface area contributed by atoms with Gasteiger partial charge < -0.3 is 0 Å². The minimum absolute atomic E-state index is 0.293. The molecule has 0 rings (SSSR count). The third-order valence-corrected chi connectivity index (χ3v) is 3.79. The number of halogens is 1. The Morgan fingerprint density at radius 3 is 2.21 bits per heavy atom. The summed E-state index contributed by atoms with van der Waals surface area (Å²) in [5, 5.41) is 0.414. The van der Waals surface area contributed by atoms with Crippen LogP contribution in [0.25, 0.3) is 0 Å². The van der Waals surface area contributed by atoms with E-state index < -0.39 is 0 Å². The molecule has 3 heteroatoms. The van der Waals surface area contributed by atoms with E-state index in [0.717, 1.165) is 12.8 Å². The van der Waals surface area contributed by atoms with Gasteiger partial charge in [-0.3, -0.25) is 4.79 Å². The van der Waals surface area contributed by atoms with Crippen molar-refractivity contribution in [3.63, 3.8) is 0 Å². The van der Waals surface area contributed by atoms with E-state index in [1.165, 1.54) is 32.1 Å². The van der Waals surface area contributed by atoms with Gasteiger partial charge in [0.2, 0.25) is 0 Å². The molecule has 0 aromatic carbocycles. The monoisotopic (exact) mass is 273 g/mol. The molecule has 0 aliphatic carbocycles. The first-order valence-corrected chi connectivity index (χ1v) is 8.00. The summed E-state index contributed by atoms with van der Waals surface area (Å²) in [5.41, 5.74) is 0. The maximum Gasteiger partial charge on any atom is 0.250 e. The normalized spacial score (nSPS) is 14.2. The zero-order valence-electron chi connectivity index (χ0n) is 13.3. The van der Waals surface area contributed by atoms with E-state index in [1.54, 1.807) is 6.92 Å². The summed E-state index contributed by atoms with van der Waals surface area (Å²) in [6.45, 7) is 7.91. The van der Waals surface area contributed by atoms with Crippen LogP contribution in [-0.2, 0) is 4.79 Å². The van der Waals surface area contributed by atoms with Crippen LogP contribution in [0.4, 0.5) is 4.48 Å². The molecule has 0 aliphatic rings. The van der Waals surface area contributed by atoms with Crippen LogP contribution in [0.1, 0.15) is 85.5 Å². The summed E-state index contributed by atoms with van der Waals surface area (Å²) >= 11 is 0. The van der Waals surface area contributed by atoms with Crippen LogP contribution in [0.2, 0.25) is 0 Å². The summed E-state index contributed by atoms with van der Waals surface area (Å²) in [4.78, 5) is 11.7. The lowest BCUT2D eigenvalue weighted by molar-refractivity contribution is -0.152. The number of hydrogen-bond donors (Lipinski definition) is 0. The molecule has 2 nitrogen and oxygen atoms in total. The van der Waals surface area contributed by atoms with Gasteiger partial charge in [-0.1, -0.05) is 70.2 Å². The summed E-state index contributed by atoms with van der Waals surface area (Å²) < 4.78 is 13.6. The second kappa shape index (κ2) is 11.2. The zero-order chi connectivity index (χ0) is 14.7. The van der Waals surface area contributed by atoms with Gasteiger partial charge in [0.25, 0.3) is 5.91 Å². The summed E-state index contributed by atoms with van der Waals surface area (Å²) in [5.74, 6) is -0.0613. The first kappa shape index (κ1) is 18.4. The fraction of sp³-hybridized carbons (Fsp3) is 0.938. The molecule has 114 valence electrons. The standard InChI is InChI=1S/C16H32FNO/c1-5-7-8-9-10-11-12-14(3)13-16(19)18(17)15(4)6-2/h14-15H,5-13H2,1-4H3. The first-order chi connectivity index (χ1) is 9.02. The first-order valence-electron chi connectivity index (χ1n) is 8.00. The third kappa shape index (κ3) is 9.01. The molecular formula is C16H32FNO. The van der Waals surface area contributed by atoms with Crippen molar-refractivity contribution in [2.45, 2.75) is 91.5 Å². The van der Waals surface area contributed by atoms with Crippen LogP contribution < -0.4 is 0 Å². The molecule has 2 atom stereocenters. The number of carbonyl (C=O) groups is 1. The molecular weight excluding hydrogens is 241 g/mol. The molecule has 0 saturated carbocycles. The van der Waals surface area contributed by atoms with Crippen molar-refractivity contribution in [2.75, 3.05) is 0 Å². The molecule has 0 aromatic heterocycles. The van der Waals surface area contributed by atoms with Crippen molar-refractivity contribution in [2.24, 2.45) is 5.92 Å². The van der Waals surface area contributed by atoms with E-state index in [9.17, 15) is 9.28 Å². The molecule has 0 heterocycles. The summed E-state index contributed by atoms with van der Waals surface area (Å²) in [7, 11) is 0. The van der Waals surface area contributed by atoms with Crippen molar-refractivity contribution in [3.8, 4) is 0 Å². The maximum absolute atomic E-state index is 13.6. The lowest BCUT2D eigenvalue weighted by Crippen LogP contribution is -2.31. The molecule has 0 saturated heterocycles. The number of hydrogen-bond acceptors (Lipinski definition) is 1. The molecule has 19 heavy (non-hydrogen) atoms. The van der Waals surface area contributed by atoms with Crippen LogP contribution in [-0.4, -0.2) is 17.1 Å². The average Bonchev–Trinajstić information content (AvgIpc) is 2.40. The smallest absolute Gasteiger partial charge is 0.250 e. The van der Waals surface area contributed by atoms with Gasteiger partial charge in [-0.2, -0.15) is 5.12 Å². The molecule has 1 amide bonds. The number of carbonyl (C=O) groups excluding carboxylic acids is 1. The van der Waals surface area contributed by atoms with E-state index >= 15 is 0 Å². The van der Waals surface area contributed by atoms with E-state index in [2.05, 4.69) is 6.92 Å². The van der Waals surface area contributed by atoms with Gasteiger partial charge in [0.1, 0.15) is 0 Å². The molecule has 0 radical (unpaired) electrons. The quantitative estimate of drug-likeness (QED) is 0.371. The highest BCUT2D eigenvalue weighted by molar-refractivity contribution is 5.75. The van der Waals surface area contributed by atoms with Crippen molar-refractivity contribution in [3.05, 3.63) is 0 Å². The number of amides is 1. The lowest BCUT2D eigenvalue weighted by Gasteiger charge is -2.20. The van der Waals surface area contributed by atoms with Crippen molar-refractivity contribution >= 4 is 5.91 Å². The van der Waals surface area contributed by atoms with Gasteiger partial charge in [0.05, 0.1) is 6.04 Å². The summed E-state index contributed by atoms with van der Waals surface area (Å²) in [6.07, 6.45) is 9.63. The number of unbranched alkanes of at least 4 members (excludes halogenated alkanes) is 5. The summed E-state index contributed by atoms with van der Waals surface area (Å²) in [6, 6.07) is -0.297. The van der Waals surface area contributed by atoms with Crippen molar-refractivity contribution in [1.29, 1.82) is 0 Å². The Morgan fingerprint density at radius 2 is 1.63 bits per heavy atom. The topological polar surface area (TPSA) is 20.3 Å². The Balaban J connectivity index is 3.67. The molecule has 0 N–H and O–H groups in total. The highest BCUT2D eigenvalue weighted by Gasteiger charge is 2.20. The van der Waals surface area contributed by atoms with E-state index in [1.807, 2.05) is 13.8 Å². The van der Waals surface area contributed by atoms with E-state index in [4.69, 9.17) is 0 Å². The van der Waals surface area contributed by atoms with Crippen LogP contribution in [0.15, 0.2) is 0 Å². The molecule has 0 aromatic rings. The van der Waals surface area contributed by atoms with Crippen LogP contribution >= 0.6 is 0 Å². The fourth-order valence-corrected chi connectivity index (χ4v) is 2.17. The fourth-order valence-electron chi connectivity index (χ4n) is 2.17. The molecule has 0 aliphatic heterocycles. The highest BCUT2D eigenvalue weighted by Crippen LogP contribution is 2.17. The van der Waals surface area contributed by atoms with Crippen LogP contribution in [0.5, 0.6) is 0 Å². The molecule has 2 unspecified atom stereocenters. The van der Waals surface area contributed by atoms with Gasteiger partial charge in [-0.05, 0) is 19.3 Å². The van der Waals surface area contributed by atoms with E-state index in [-0.39, 0.29) is 11.9 Å². The number of rotatable bonds is 11. The second-order valence-electron chi connectivity index (χ2n) is 5.83. The third-order valence-electron chi connectivity index (χ3n) is 3.79. The average molecular weight is 273 g/mol. The largest absolute Gasteiger partial charge is 0.272 e. The number of nitrogens with zero attached hydrogens (tertiary/aromatic N) is 1. The predicted molar refractivity (Wildman–Crippen MR) is 79.5 cm³/mol. The SMILES string of the molecule is CCCCCCCCC(C)CC(=O)N(F)C(C)CC. The minimum atomic E-state index is -0.354. The predicted octanol–water partition coefficient (Wildman–Crippen LogP) is 5.27. The highest BCUT2D eigenvalue weighted by atomic mass is 19.2. The van der Waals surface area contributed by atoms with Crippen LogP contribution in [0, 0.1) is 5.92 Å². The Bertz CT molecular complexity index is 233. The Kier molecular flexibility index (Phi) is 10.9. The van der Waals surface area contributed by atoms with Gasteiger partial charge in [-0.25, -0.2) is 0 Å². The van der Waals surface area contributed by atoms with Gasteiger partial charge in [0, 0.05) is 6.42 Å². The second-order valence-corrected chi connectivity index (χ2v) is 5.83. The molecule has 0 fully saturated rings. The van der Waals surface area contributed by atoms with Gasteiger partial charge in [0.15, 0.2) is 0 Å².